The van der Waals surface area contributed by atoms with Gasteiger partial charge in [0.15, 0.2) is 6.10 Å². The number of esters is 2. The highest BCUT2D eigenvalue weighted by molar-refractivity contribution is 7.47. The summed E-state index contributed by atoms with van der Waals surface area (Å²) in [5.74, 6) is -1.22. The van der Waals surface area contributed by atoms with E-state index in [4.69, 9.17) is 23.8 Å². The first-order valence-electron chi connectivity index (χ1n) is 22.1. The molecule has 0 fully saturated rings. The molecule has 0 aliphatic heterocycles. The van der Waals surface area contributed by atoms with Gasteiger partial charge in [-0.3, -0.25) is 23.2 Å². The molecule has 0 spiro atoms. The summed E-state index contributed by atoms with van der Waals surface area (Å²) in [5.41, 5.74) is 0. The van der Waals surface area contributed by atoms with Crippen molar-refractivity contribution >= 4 is 27.6 Å². The number of rotatable bonds is 40. The van der Waals surface area contributed by atoms with Crippen LogP contribution in [0, 0.1) is 0 Å². The summed E-state index contributed by atoms with van der Waals surface area (Å²) in [6.45, 7) is 1.31. The van der Waals surface area contributed by atoms with Gasteiger partial charge in [0, 0.05) is 12.8 Å². The smallest absolute Gasteiger partial charge is 0.462 e. The monoisotopic (exact) mass is 930 g/mol. The minimum atomic E-state index is -4.89. The molecule has 63 heavy (non-hydrogen) atoms. The Balaban J connectivity index is 4.79. The SMILES string of the molecule is CC/C=C\C[C@H](O)/C=C/C=C\C=C\[C@H](O)C/C=C\C/C=C\CCC(=O)O[C@H](COC(=O)CCCCCCC/C=C\C/C=C\CCCCC)COP(=O)(O)OC[C@@H](O)COP(=O)(O)O. The average Bonchev–Trinajstić information content (AvgIpc) is 3.23. The highest BCUT2D eigenvalue weighted by atomic mass is 31.2. The molecule has 0 bridgehead atoms. The van der Waals surface area contributed by atoms with E-state index in [2.05, 4.69) is 40.3 Å². The van der Waals surface area contributed by atoms with Crippen LogP contribution >= 0.6 is 15.6 Å². The lowest BCUT2D eigenvalue weighted by atomic mass is 10.1. The van der Waals surface area contributed by atoms with Gasteiger partial charge in [0.2, 0.25) is 0 Å². The summed E-state index contributed by atoms with van der Waals surface area (Å²) in [7, 11) is -9.76. The van der Waals surface area contributed by atoms with E-state index >= 15 is 0 Å². The second kappa shape index (κ2) is 40.5. The predicted molar refractivity (Wildman–Crippen MR) is 246 cm³/mol. The molecule has 0 heterocycles. The van der Waals surface area contributed by atoms with Gasteiger partial charge < -0.3 is 39.5 Å². The summed E-state index contributed by atoms with van der Waals surface area (Å²) in [5, 5.41) is 29.7. The molecule has 0 aromatic rings. The lowest BCUT2D eigenvalue weighted by Crippen LogP contribution is -2.29. The third kappa shape index (κ3) is 44.0. The highest BCUT2D eigenvalue weighted by Crippen LogP contribution is 2.43. The van der Waals surface area contributed by atoms with E-state index < -0.39 is 78.4 Å². The number of aliphatic hydroxyl groups excluding tert-OH is 3. The van der Waals surface area contributed by atoms with Crippen molar-refractivity contribution in [2.45, 2.75) is 154 Å². The van der Waals surface area contributed by atoms with Crippen LogP contribution < -0.4 is 0 Å². The van der Waals surface area contributed by atoms with Crippen molar-refractivity contribution in [3.8, 4) is 0 Å². The molecule has 0 saturated carbocycles. The van der Waals surface area contributed by atoms with E-state index in [1.54, 1.807) is 42.5 Å². The van der Waals surface area contributed by atoms with Gasteiger partial charge in [0.05, 0.1) is 32.0 Å². The van der Waals surface area contributed by atoms with E-state index in [9.17, 15) is 38.9 Å². The van der Waals surface area contributed by atoms with E-state index in [1.165, 1.54) is 19.3 Å². The first-order valence-corrected chi connectivity index (χ1v) is 25.2. The van der Waals surface area contributed by atoms with Crippen LogP contribution in [0.1, 0.15) is 129 Å². The molecule has 0 aliphatic carbocycles. The Morgan fingerprint density at radius 1 is 0.540 bits per heavy atom. The summed E-state index contributed by atoms with van der Waals surface area (Å²) in [4.78, 5) is 52.7. The molecule has 0 radical (unpaired) electrons. The molecule has 360 valence electrons. The summed E-state index contributed by atoms with van der Waals surface area (Å²) < 4.78 is 47.6. The minimum Gasteiger partial charge on any atom is -0.462 e. The Labute approximate surface area is 375 Å². The van der Waals surface area contributed by atoms with E-state index in [0.29, 0.717) is 32.1 Å². The normalized spacial score (nSPS) is 15.9. The standard InChI is InChI=1S/C46H76O15P2/c1-3-5-7-8-9-10-11-12-13-14-15-16-17-21-29-35-45(50)57-39-44(40-60-63(55,56)59-38-43(49)37-58-62(52,53)54)61-46(51)36-30-22-19-18-20-26-32-42(48)34-28-24-23-27-33-41(47)31-25-6-4-2/h6,9-10,12-13,19-20,22-28,33-34,41-44,47-49H,3-5,7-8,11,14-18,21,29-32,35-40H2,1-2H3,(H,55,56)(H2,52,53,54)/b10-9-,13-12-,22-19-,24-23-,25-6-,26-20-,33-27+,34-28+/t41-,42+,43-,44+/m0/s1. The van der Waals surface area contributed by atoms with Crippen molar-refractivity contribution in [3.63, 3.8) is 0 Å². The first-order chi connectivity index (χ1) is 30.2. The fraction of sp³-hybridized carbons (Fsp3) is 0.609. The van der Waals surface area contributed by atoms with E-state index in [0.717, 1.165) is 51.4 Å². The van der Waals surface area contributed by atoms with Gasteiger partial charge >= 0.3 is 27.6 Å². The van der Waals surface area contributed by atoms with E-state index in [1.807, 2.05) is 37.3 Å². The average molecular weight is 931 g/mol. The van der Waals surface area contributed by atoms with Gasteiger partial charge in [0.1, 0.15) is 12.7 Å². The van der Waals surface area contributed by atoms with Crippen molar-refractivity contribution in [1.29, 1.82) is 0 Å². The largest absolute Gasteiger partial charge is 0.472 e. The zero-order chi connectivity index (χ0) is 46.9. The zero-order valence-electron chi connectivity index (χ0n) is 37.4. The summed E-state index contributed by atoms with van der Waals surface area (Å²) >= 11 is 0. The molecule has 0 saturated heterocycles. The van der Waals surface area contributed by atoms with Gasteiger partial charge in [-0.25, -0.2) is 9.13 Å². The lowest BCUT2D eigenvalue weighted by Gasteiger charge is -2.20. The van der Waals surface area contributed by atoms with Crippen LogP contribution in [0.4, 0.5) is 0 Å². The van der Waals surface area contributed by atoms with Crippen molar-refractivity contribution < 1.29 is 71.8 Å². The topological polar surface area (TPSA) is 236 Å². The van der Waals surface area contributed by atoms with Gasteiger partial charge in [-0.1, -0.05) is 143 Å². The number of ether oxygens (including phenoxy) is 2. The number of allylic oxidation sites excluding steroid dienone is 12. The Morgan fingerprint density at radius 3 is 1.67 bits per heavy atom. The maximum atomic E-state index is 12.6. The predicted octanol–water partition coefficient (Wildman–Crippen LogP) is 9.28. The zero-order valence-corrected chi connectivity index (χ0v) is 39.1. The second-order valence-electron chi connectivity index (χ2n) is 14.6. The summed E-state index contributed by atoms with van der Waals surface area (Å²) in [6, 6.07) is 0. The van der Waals surface area contributed by atoms with Crippen LogP contribution in [0.2, 0.25) is 0 Å². The first kappa shape index (κ1) is 60.0. The third-order valence-electron chi connectivity index (χ3n) is 8.63. The number of hydrogen-bond donors (Lipinski definition) is 6. The quantitative estimate of drug-likeness (QED) is 0.0110. The molecule has 0 aromatic carbocycles. The van der Waals surface area contributed by atoms with Gasteiger partial charge in [-0.15, -0.1) is 0 Å². The minimum absolute atomic E-state index is 0.0588. The maximum absolute atomic E-state index is 12.6. The molecule has 6 N–H and O–H groups in total. The molecule has 15 nitrogen and oxygen atoms in total. The van der Waals surface area contributed by atoms with Crippen LogP contribution in [0.3, 0.4) is 0 Å². The molecule has 0 rings (SSSR count). The number of phosphoric ester groups is 2. The number of aliphatic hydroxyl groups is 3. The maximum Gasteiger partial charge on any atom is 0.472 e. The number of carbonyl (C=O) groups excluding carboxylic acids is 2. The molecule has 5 atom stereocenters. The molecule has 0 amide bonds. The van der Waals surface area contributed by atoms with Gasteiger partial charge in [-0.2, -0.15) is 0 Å². The highest BCUT2D eigenvalue weighted by Gasteiger charge is 2.28. The van der Waals surface area contributed by atoms with Crippen molar-refractivity contribution in [3.05, 3.63) is 97.2 Å². The number of phosphoric acid groups is 2. The number of unbranched alkanes of at least 4 members (excludes halogenated alkanes) is 8. The van der Waals surface area contributed by atoms with Crippen LogP contribution in [0.5, 0.6) is 0 Å². The molecular formula is C46H76O15P2. The number of carbonyl (C=O) groups is 2. The van der Waals surface area contributed by atoms with E-state index in [-0.39, 0.29) is 12.8 Å². The molecule has 17 heteroatoms. The Kier molecular flexibility index (Phi) is 38.5. The Hall–Kier alpha value is -3.04. The van der Waals surface area contributed by atoms with Crippen LogP contribution in [-0.2, 0) is 41.8 Å². The molecule has 0 aromatic heterocycles. The summed E-state index contributed by atoms with van der Waals surface area (Å²) in [6.07, 6.45) is 40.4. The van der Waals surface area contributed by atoms with Gasteiger partial charge in [0.25, 0.3) is 0 Å². The molecule has 1 unspecified atom stereocenters. The number of hydrogen-bond acceptors (Lipinski definition) is 12. The van der Waals surface area contributed by atoms with Gasteiger partial charge in [-0.05, 0) is 70.6 Å². The lowest BCUT2D eigenvalue weighted by molar-refractivity contribution is -0.161. The van der Waals surface area contributed by atoms with Crippen molar-refractivity contribution in [2.24, 2.45) is 0 Å². The fourth-order valence-corrected chi connectivity index (χ4v) is 6.38. The Bertz CT molecular complexity index is 1510. The van der Waals surface area contributed by atoms with Crippen LogP contribution in [0.25, 0.3) is 0 Å². The van der Waals surface area contributed by atoms with Crippen molar-refractivity contribution in [1.82, 2.24) is 0 Å². The van der Waals surface area contributed by atoms with Crippen LogP contribution in [0.15, 0.2) is 97.2 Å². The molecular weight excluding hydrogens is 854 g/mol. The molecule has 0 aliphatic rings. The fourth-order valence-electron chi connectivity index (χ4n) is 5.22. The second-order valence-corrected chi connectivity index (χ2v) is 17.3. The third-order valence-corrected chi connectivity index (χ3v) is 10.1. The van der Waals surface area contributed by atoms with Crippen molar-refractivity contribution in [2.75, 3.05) is 26.4 Å². The van der Waals surface area contributed by atoms with Crippen LogP contribution in [-0.4, -0.2) is 92.8 Å². The Morgan fingerprint density at radius 2 is 1.06 bits per heavy atom.